The number of hydrogen-bond donors (Lipinski definition) is 0. The molecule has 0 fully saturated rings. The standard InChI is InChI=1S/C7H2BrFN2O/c8-5-2-6(9)7(11-12)1-4(5)3-10/h1-2H. The van der Waals surface area contributed by atoms with Crippen LogP contribution < -0.4 is 0 Å². The lowest BCUT2D eigenvalue weighted by Gasteiger charge is -1.96. The minimum Gasteiger partial charge on any atom is -0.204 e. The smallest absolute Gasteiger partial charge is 0.153 e. The van der Waals surface area contributed by atoms with E-state index in [9.17, 15) is 9.30 Å². The maximum Gasteiger partial charge on any atom is 0.153 e. The van der Waals surface area contributed by atoms with Gasteiger partial charge in [0.15, 0.2) is 5.82 Å². The molecule has 12 heavy (non-hydrogen) atoms. The fraction of sp³-hybridized carbons (Fsp3) is 0. The van der Waals surface area contributed by atoms with E-state index in [1.54, 1.807) is 6.07 Å². The van der Waals surface area contributed by atoms with Gasteiger partial charge in [-0.15, -0.1) is 4.91 Å². The summed E-state index contributed by atoms with van der Waals surface area (Å²) in [5.41, 5.74) is -0.166. The Kier molecular flexibility index (Phi) is 2.51. The van der Waals surface area contributed by atoms with Crippen molar-refractivity contribution in [2.45, 2.75) is 0 Å². The van der Waals surface area contributed by atoms with Gasteiger partial charge >= 0.3 is 0 Å². The van der Waals surface area contributed by atoms with Gasteiger partial charge in [-0.3, -0.25) is 0 Å². The topological polar surface area (TPSA) is 53.2 Å². The van der Waals surface area contributed by atoms with Gasteiger partial charge in [-0.25, -0.2) is 4.39 Å². The number of rotatable bonds is 1. The second kappa shape index (κ2) is 3.41. The summed E-state index contributed by atoms with van der Waals surface area (Å²) in [6.45, 7) is 0. The monoisotopic (exact) mass is 228 g/mol. The van der Waals surface area contributed by atoms with Crippen molar-refractivity contribution in [2.75, 3.05) is 0 Å². The van der Waals surface area contributed by atoms with Crippen LogP contribution in [-0.4, -0.2) is 0 Å². The van der Waals surface area contributed by atoms with Crippen LogP contribution in [0.15, 0.2) is 21.8 Å². The van der Waals surface area contributed by atoms with Crippen molar-refractivity contribution in [2.24, 2.45) is 5.18 Å². The Balaban J connectivity index is 3.39. The van der Waals surface area contributed by atoms with Crippen molar-refractivity contribution in [1.29, 1.82) is 5.26 Å². The van der Waals surface area contributed by atoms with E-state index in [1.807, 2.05) is 0 Å². The van der Waals surface area contributed by atoms with Crippen LogP contribution in [0, 0.1) is 22.1 Å². The third kappa shape index (κ3) is 1.48. The molecule has 0 aromatic heterocycles. The Hall–Kier alpha value is -1.28. The van der Waals surface area contributed by atoms with Crippen molar-refractivity contribution in [1.82, 2.24) is 0 Å². The molecule has 0 aliphatic rings. The zero-order valence-corrected chi connectivity index (χ0v) is 7.30. The van der Waals surface area contributed by atoms with E-state index < -0.39 is 5.82 Å². The Morgan fingerprint density at radius 1 is 1.58 bits per heavy atom. The van der Waals surface area contributed by atoms with Gasteiger partial charge in [0.1, 0.15) is 11.8 Å². The molecule has 0 aliphatic heterocycles. The highest BCUT2D eigenvalue weighted by Crippen LogP contribution is 2.25. The Labute approximate surface area is 75.9 Å². The summed E-state index contributed by atoms with van der Waals surface area (Å²) >= 11 is 2.96. The third-order valence-corrected chi connectivity index (χ3v) is 1.91. The lowest BCUT2D eigenvalue weighted by molar-refractivity contribution is 0.628. The maximum absolute atomic E-state index is 12.7. The second-order valence-electron chi connectivity index (χ2n) is 1.99. The van der Waals surface area contributed by atoms with Gasteiger partial charge in [0.2, 0.25) is 0 Å². The number of hydrogen-bond acceptors (Lipinski definition) is 3. The summed E-state index contributed by atoms with van der Waals surface area (Å²) in [4.78, 5) is 9.99. The molecule has 0 saturated carbocycles. The summed E-state index contributed by atoms with van der Waals surface area (Å²) in [6.07, 6.45) is 0. The van der Waals surface area contributed by atoms with E-state index >= 15 is 0 Å². The Bertz CT molecular complexity index is 372. The average Bonchev–Trinajstić information content (AvgIpc) is 2.05. The van der Waals surface area contributed by atoms with E-state index in [-0.39, 0.29) is 11.3 Å². The first-order valence-electron chi connectivity index (χ1n) is 2.91. The highest BCUT2D eigenvalue weighted by Gasteiger charge is 2.07. The minimum atomic E-state index is -0.740. The molecule has 5 heteroatoms. The lowest BCUT2D eigenvalue weighted by Crippen LogP contribution is -1.81. The number of nitrogens with zero attached hydrogens (tertiary/aromatic N) is 2. The van der Waals surface area contributed by atoms with Crippen molar-refractivity contribution < 1.29 is 4.39 Å². The van der Waals surface area contributed by atoms with E-state index in [0.29, 0.717) is 4.47 Å². The predicted octanol–water partition coefficient (Wildman–Crippen LogP) is 2.86. The maximum atomic E-state index is 12.7. The van der Waals surface area contributed by atoms with Gasteiger partial charge in [0, 0.05) is 4.47 Å². The Morgan fingerprint density at radius 2 is 2.25 bits per heavy atom. The normalized spacial score (nSPS) is 9.08. The molecule has 0 saturated heterocycles. The molecule has 0 N–H and O–H groups in total. The van der Waals surface area contributed by atoms with Gasteiger partial charge in [-0.2, -0.15) is 5.26 Å². The minimum absolute atomic E-state index is 0.186. The molecule has 0 aliphatic carbocycles. The summed E-state index contributed by atoms with van der Waals surface area (Å²) in [5.74, 6) is -0.740. The van der Waals surface area contributed by atoms with Crippen LogP contribution in [0.2, 0.25) is 0 Å². The van der Waals surface area contributed by atoms with Crippen LogP contribution in [0.3, 0.4) is 0 Å². The van der Waals surface area contributed by atoms with E-state index in [2.05, 4.69) is 21.1 Å². The zero-order chi connectivity index (χ0) is 9.14. The van der Waals surface area contributed by atoms with E-state index in [1.165, 1.54) is 0 Å². The fourth-order valence-corrected chi connectivity index (χ4v) is 1.10. The molecule has 3 nitrogen and oxygen atoms in total. The molecule has 1 aromatic rings. The van der Waals surface area contributed by atoms with Crippen LogP contribution in [0.1, 0.15) is 5.56 Å². The van der Waals surface area contributed by atoms with Gasteiger partial charge in [0.05, 0.1) is 5.56 Å². The molecule has 1 rings (SSSR count). The average molecular weight is 229 g/mol. The highest BCUT2D eigenvalue weighted by atomic mass is 79.9. The van der Waals surface area contributed by atoms with Crippen molar-refractivity contribution in [3.63, 3.8) is 0 Å². The number of halogens is 2. The molecular formula is C7H2BrFN2O. The largest absolute Gasteiger partial charge is 0.204 e. The number of nitroso groups, excluding NO2 is 1. The molecule has 0 amide bonds. The molecule has 60 valence electrons. The van der Waals surface area contributed by atoms with Crippen molar-refractivity contribution >= 4 is 21.6 Å². The van der Waals surface area contributed by atoms with Crippen molar-refractivity contribution in [3.8, 4) is 6.07 Å². The molecule has 0 heterocycles. The van der Waals surface area contributed by atoms with Crippen molar-refractivity contribution in [3.05, 3.63) is 32.9 Å². The molecular weight excluding hydrogens is 227 g/mol. The van der Waals surface area contributed by atoms with Gasteiger partial charge in [-0.1, -0.05) is 0 Å². The first kappa shape index (κ1) is 8.81. The van der Waals surface area contributed by atoms with Crippen LogP contribution in [0.5, 0.6) is 0 Å². The van der Waals surface area contributed by atoms with E-state index in [0.717, 1.165) is 12.1 Å². The summed E-state index contributed by atoms with van der Waals surface area (Å²) in [7, 11) is 0. The quantitative estimate of drug-likeness (QED) is 0.695. The second-order valence-corrected chi connectivity index (χ2v) is 2.84. The SMILES string of the molecule is N#Cc1cc(N=O)c(F)cc1Br. The van der Waals surface area contributed by atoms with Gasteiger partial charge in [0.25, 0.3) is 0 Å². The van der Waals surface area contributed by atoms with Crippen LogP contribution >= 0.6 is 15.9 Å². The summed E-state index contributed by atoms with van der Waals surface area (Å²) < 4.78 is 13.0. The molecule has 0 spiro atoms. The highest BCUT2D eigenvalue weighted by molar-refractivity contribution is 9.10. The molecule has 0 radical (unpaired) electrons. The van der Waals surface area contributed by atoms with Gasteiger partial charge in [-0.05, 0) is 33.2 Å². The lowest BCUT2D eigenvalue weighted by atomic mass is 10.2. The fourth-order valence-electron chi connectivity index (χ4n) is 0.693. The number of nitriles is 1. The van der Waals surface area contributed by atoms with E-state index in [4.69, 9.17) is 5.26 Å². The van der Waals surface area contributed by atoms with Crippen LogP contribution in [0.25, 0.3) is 0 Å². The third-order valence-electron chi connectivity index (χ3n) is 1.26. The first-order valence-corrected chi connectivity index (χ1v) is 3.71. The first-order chi connectivity index (χ1) is 5.69. The van der Waals surface area contributed by atoms with Gasteiger partial charge < -0.3 is 0 Å². The van der Waals surface area contributed by atoms with Crippen LogP contribution in [0.4, 0.5) is 10.1 Å². The molecule has 0 bridgehead atoms. The summed E-state index contributed by atoms with van der Waals surface area (Å²) in [6, 6.07) is 3.91. The molecule has 0 atom stereocenters. The zero-order valence-electron chi connectivity index (χ0n) is 5.71. The van der Waals surface area contributed by atoms with Crippen LogP contribution in [-0.2, 0) is 0 Å². The molecule has 1 aromatic carbocycles. The summed E-state index contributed by atoms with van der Waals surface area (Å²) in [5, 5.41) is 10.9. The number of benzene rings is 1. The predicted molar refractivity (Wildman–Crippen MR) is 44.3 cm³/mol. The molecule has 0 unspecified atom stereocenters. The Morgan fingerprint density at radius 3 is 2.75 bits per heavy atom.